The molecule has 2 aliphatic carbocycles. The molecule has 0 bridgehead atoms. The van der Waals surface area contributed by atoms with E-state index < -0.39 is 0 Å². The third kappa shape index (κ3) is 2.80. The number of rotatable bonds is 2. The van der Waals surface area contributed by atoms with Gasteiger partial charge in [-0.2, -0.15) is 0 Å². The molecule has 0 aromatic rings. The minimum Gasteiger partial charge on any atom is -0.393 e. The molecular weight excluding hydrogens is 196 g/mol. The van der Waals surface area contributed by atoms with Crippen LogP contribution in [0.25, 0.3) is 0 Å². The molecule has 4 atom stereocenters. The minimum absolute atomic E-state index is 0.0136. The summed E-state index contributed by atoms with van der Waals surface area (Å²) in [6.07, 6.45) is 13.3. The highest BCUT2D eigenvalue weighted by Crippen LogP contribution is 2.42. The Kier molecular flexibility index (Phi) is 4.69. The first-order chi connectivity index (χ1) is 7.83. The molecule has 0 aliphatic heterocycles. The lowest BCUT2D eigenvalue weighted by molar-refractivity contribution is 0.0278. The maximum Gasteiger partial charge on any atom is 0.0571 e. The van der Waals surface area contributed by atoms with Crippen LogP contribution in [0.4, 0.5) is 0 Å². The second-order valence-corrected chi connectivity index (χ2v) is 5.99. The van der Waals surface area contributed by atoms with Crippen LogP contribution in [0, 0.1) is 17.8 Å². The van der Waals surface area contributed by atoms with Crippen molar-refractivity contribution in [2.24, 2.45) is 17.8 Å². The van der Waals surface area contributed by atoms with Gasteiger partial charge in [-0.1, -0.05) is 51.9 Å². The van der Waals surface area contributed by atoms with Gasteiger partial charge in [-0.25, -0.2) is 0 Å². The van der Waals surface area contributed by atoms with E-state index in [1.165, 1.54) is 57.8 Å². The largest absolute Gasteiger partial charge is 0.393 e. The number of hydrogen-bond acceptors (Lipinski definition) is 1. The second kappa shape index (κ2) is 6.05. The fourth-order valence-corrected chi connectivity index (χ4v) is 4.12. The first kappa shape index (κ1) is 12.4. The van der Waals surface area contributed by atoms with Crippen molar-refractivity contribution in [1.29, 1.82) is 0 Å². The highest BCUT2D eigenvalue weighted by Gasteiger charge is 2.34. The van der Waals surface area contributed by atoms with Crippen molar-refractivity contribution in [2.75, 3.05) is 0 Å². The Hall–Kier alpha value is -0.0400. The molecule has 1 heteroatoms. The average Bonchev–Trinajstić information content (AvgIpc) is 2.54. The van der Waals surface area contributed by atoms with Crippen LogP contribution in [-0.2, 0) is 0 Å². The number of aliphatic hydroxyl groups excluding tert-OH is 1. The third-order valence-corrected chi connectivity index (χ3v) is 5.07. The van der Waals surface area contributed by atoms with Crippen molar-refractivity contribution in [3.05, 3.63) is 0 Å². The van der Waals surface area contributed by atoms with E-state index in [1.807, 2.05) is 0 Å². The molecule has 0 aromatic carbocycles. The Morgan fingerprint density at radius 2 is 1.44 bits per heavy atom. The first-order valence-electron chi connectivity index (χ1n) is 7.51. The van der Waals surface area contributed by atoms with Gasteiger partial charge in [0, 0.05) is 0 Å². The summed E-state index contributed by atoms with van der Waals surface area (Å²) >= 11 is 0. The van der Waals surface area contributed by atoms with E-state index in [4.69, 9.17) is 0 Å². The Morgan fingerprint density at radius 1 is 0.812 bits per heavy atom. The fourth-order valence-electron chi connectivity index (χ4n) is 4.12. The van der Waals surface area contributed by atoms with Crippen molar-refractivity contribution >= 4 is 0 Å². The second-order valence-electron chi connectivity index (χ2n) is 5.99. The molecule has 16 heavy (non-hydrogen) atoms. The Bertz CT molecular complexity index is 202. The molecule has 1 N–H and O–H groups in total. The maximum atomic E-state index is 10.3. The zero-order valence-electron chi connectivity index (χ0n) is 10.8. The van der Waals surface area contributed by atoms with Crippen LogP contribution in [0.5, 0.6) is 0 Å². The summed E-state index contributed by atoms with van der Waals surface area (Å²) in [5.41, 5.74) is 0. The Labute approximate surface area is 101 Å². The molecule has 4 unspecified atom stereocenters. The van der Waals surface area contributed by atoms with Crippen LogP contribution in [-0.4, -0.2) is 11.2 Å². The van der Waals surface area contributed by atoms with Gasteiger partial charge in [-0.15, -0.1) is 0 Å². The van der Waals surface area contributed by atoms with Crippen LogP contribution in [0.3, 0.4) is 0 Å². The van der Waals surface area contributed by atoms with Crippen LogP contribution in [0.1, 0.15) is 71.1 Å². The van der Waals surface area contributed by atoms with E-state index >= 15 is 0 Å². The molecule has 94 valence electrons. The minimum atomic E-state index is 0.0136. The van der Waals surface area contributed by atoms with Gasteiger partial charge in [0.05, 0.1) is 6.10 Å². The van der Waals surface area contributed by atoms with Gasteiger partial charge in [0.15, 0.2) is 0 Å². The molecular formula is C15H28O. The third-order valence-electron chi connectivity index (χ3n) is 5.07. The predicted octanol–water partition coefficient (Wildman–Crippen LogP) is 4.14. The summed E-state index contributed by atoms with van der Waals surface area (Å²) < 4.78 is 0. The van der Waals surface area contributed by atoms with Crippen molar-refractivity contribution < 1.29 is 5.11 Å². The quantitative estimate of drug-likeness (QED) is 0.699. The molecule has 0 radical (unpaired) electrons. The Balaban J connectivity index is 2.01. The van der Waals surface area contributed by atoms with Gasteiger partial charge in [-0.05, 0) is 37.0 Å². The lowest BCUT2D eigenvalue weighted by atomic mass is 9.68. The van der Waals surface area contributed by atoms with Crippen LogP contribution < -0.4 is 0 Å². The Morgan fingerprint density at radius 3 is 2.25 bits per heavy atom. The van der Waals surface area contributed by atoms with Gasteiger partial charge >= 0.3 is 0 Å². The molecule has 2 saturated carbocycles. The van der Waals surface area contributed by atoms with E-state index in [2.05, 4.69) is 6.92 Å². The zero-order valence-corrected chi connectivity index (χ0v) is 10.8. The van der Waals surface area contributed by atoms with Gasteiger partial charge < -0.3 is 5.11 Å². The topological polar surface area (TPSA) is 20.2 Å². The molecule has 1 nitrogen and oxygen atoms in total. The van der Waals surface area contributed by atoms with Crippen LogP contribution in [0.2, 0.25) is 0 Å². The predicted molar refractivity (Wildman–Crippen MR) is 68.3 cm³/mol. The monoisotopic (exact) mass is 224 g/mol. The summed E-state index contributed by atoms with van der Waals surface area (Å²) in [4.78, 5) is 0. The molecule has 2 aliphatic rings. The summed E-state index contributed by atoms with van der Waals surface area (Å²) in [5, 5.41) is 10.3. The highest BCUT2D eigenvalue weighted by atomic mass is 16.3. The lowest BCUT2D eigenvalue weighted by Gasteiger charge is -2.38. The summed E-state index contributed by atoms with van der Waals surface area (Å²) in [7, 11) is 0. The van der Waals surface area contributed by atoms with Crippen molar-refractivity contribution in [1.82, 2.24) is 0 Å². The molecule has 2 fully saturated rings. The van der Waals surface area contributed by atoms with E-state index in [0.717, 1.165) is 18.3 Å². The van der Waals surface area contributed by atoms with Crippen LogP contribution >= 0.6 is 0 Å². The molecule has 0 spiro atoms. The zero-order chi connectivity index (χ0) is 11.4. The molecule has 2 rings (SSSR count). The normalized spacial score (nSPS) is 41.6. The first-order valence-corrected chi connectivity index (χ1v) is 7.51. The SMILES string of the molecule is CCC1CCCCC1C1CCCCCC1O. The van der Waals surface area contributed by atoms with Crippen molar-refractivity contribution in [2.45, 2.75) is 77.2 Å². The standard InChI is InChI=1S/C15H28O/c1-2-12-8-6-7-9-13(12)14-10-4-3-5-11-15(14)16/h12-16H,2-11H2,1H3. The molecule has 0 amide bonds. The van der Waals surface area contributed by atoms with Gasteiger partial charge in [0.1, 0.15) is 0 Å². The van der Waals surface area contributed by atoms with E-state index in [1.54, 1.807) is 0 Å². The average molecular weight is 224 g/mol. The number of aliphatic hydroxyl groups is 1. The number of hydrogen-bond donors (Lipinski definition) is 1. The summed E-state index contributed by atoms with van der Waals surface area (Å²) in [6, 6.07) is 0. The van der Waals surface area contributed by atoms with Gasteiger partial charge in [0.25, 0.3) is 0 Å². The van der Waals surface area contributed by atoms with E-state index in [0.29, 0.717) is 5.92 Å². The lowest BCUT2D eigenvalue weighted by Crippen LogP contribution is -2.33. The smallest absolute Gasteiger partial charge is 0.0571 e. The summed E-state index contributed by atoms with van der Waals surface area (Å²) in [6.45, 7) is 2.34. The van der Waals surface area contributed by atoms with E-state index in [9.17, 15) is 5.11 Å². The van der Waals surface area contributed by atoms with E-state index in [-0.39, 0.29) is 6.10 Å². The molecule has 0 aromatic heterocycles. The van der Waals surface area contributed by atoms with Crippen molar-refractivity contribution in [3.63, 3.8) is 0 Å². The maximum absolute atomic E-state index is 10.3. The van der Waals surface area contributed by atoms with Crippen LogP contribution in [0.15, 0.2) is 0 Å². The molecule has 0 heterocycles. The highest BCUT2D eigenvalue weighted by molar-refractivity contribution is 4.85. The van der Waals surface area contributed by atoms with Gasteiger partial charge in [0.2, 0.25) is 0 Å². The fraction of sp³-hybridized carbons (Fsp3) is 1.00. The summed E-state index contributed by atoms with van der Waals surface area (Å²) in [5.74, 6) is 2.38. The van der Waals surface area contributed by atoms with Crippen molar-refractivity contribution in [3.8, 4) is 0 Å². The van der Waals surface area contributed by atoms with Gasteiger partial charge in [-0.3, -0.25) is 0 Å². The molecule has 0 saturated heterocycles.